The van der Waals surface area contributed by atoms with Crippen LogP contribution in [0.25, 0.3) is 0 Å². The zero-order valence-electron chi connectivity index (χ0n) is 12.7. The van der Waals surface area contributed by atoms with E-state index in [0.717, 1.165) is 18.2 Å². The minimum Gasteiger partial charge on any atom is -0.404 e. The van der Waals surface area contributed by atoms with Crippen LogP contribution in [-0.2, 0) is 4.79 Å². The highest BCUT2D eigenvalue weighted by Crippen LogP contribution is 2.31. The van der Waals surface area contributed by atoms with E-state index in [1.54, 1.807) is 0 Å². The van der Waals surface area contributed by atoms with Crippen molar-refractivity contribution in [2.24, 2.45) is 4.99 Å². The number of rotatable bonds is 4. The summed E-state index contributed by atoms with van der Waals surface area (Å²) in [6.07, 6.45) is -3.85. The third-order valence-electron chi connectivity index (χ3n) is 3.11. The molecule has 4 nitrogen and oxygen atoms in total. The second-order valence-electron chi connectivity index (χ2n) is 5.69. The molecule has 1 aromatic rings. The molecule has 0 unspecified atom stereocenters. The van der Waals surface area contributed by atoms with Gasteiger partial charge >= 0.3 is 6.36 Å². The van der Waals surface area contributed by atoms with Crippen molar-refractivity contribution in [3.05, 3.63) is 24.3 Å². The van der Waals surface area contributed by atoms with Crippen molar-refractivity contribution in [3.8, 4) is 5.75 Å². The van der Waals surface area contributed by atoms with Gasteiger partial charge in [0.25, 0.3) is 0 Å². The number of ether oxygens (including phenoxy) is 1. The lowest BCUT2D eigenvalue weighted by Crippen LogP contribution is -2.26. The number of para-hydroxylation sites is 2. The highest BCUT2D eigenvalue weighted by atomic mass is 32.2. The predicted octanol–water partition coefficient (Wildman–Crippen LogP) is 4.23. The quantitative estimate of drug-likeness (QED) is 0.888. The van der Waals surface area contributed by atoms with Crippen molar-refractivity contribution >= 4 is 28.4 Å². The van der Waals surface area contributed by atoms with E-state index < -0.39 is 18.0 Å². The molecular weight excluding hydrogens is 329 g/mol. The van der Waals surface area contributed by atoms with Crippen LogP contribution in [0.4, 0.5) is 18.9 Å². The van der Waals surface area contributed by atoms with Crippen LogP contribution in [0.3, 0.4) is 0 Å². The van der Waals surface area contributed by atoms with Crippen molar-refractivity contribution in [2.75, 3.05) is 11.1 Å². The zero-order valence-corrected chi connectivity index (χ0v) is 13.6. The Hall–Kier alpha value is -1.70. The fourth-order valence-corrected chi connectivity index (χ4v) is 3.43. The fourth-order valence-electron chi connectivity index (χ4n) is 2.05. The number of aliphatic imine (C=N–C) groups is 1. The number of carbonyl (C=O) groups excluding carboxylic acids is 1. The number of benzene rings is 1. The van der Waals surface area contributed by atoms with Gasteiger partial charge in [-0.05, 0) is 32.4 Å². The molecule has 2 rings (SSSR count). The Labute approximate surface area is 136 Å². The van der Waals surface area contributed by atoms with Crippen LogP contribution in [-0.4, -0.2) is 28.6 Å². The third kappa shape index (κ3) is 5.78. The van der Waals surface area contributed by atoms with Gasteiger partial charge in [0, 0.05) is 5.75 Å². The predicted molar refractivity (Wildman–Crippen MR) is 85.0 cm³/mol. The van der Waals surface area contributed by atoms with Crippen LogP contribution in [0.5, 0.6) is 5.75 Å². The lowest BCUT2D eigenvalue weighted by Gasteiger charge is -2.26. The monoisotopic (exact) mass is 346 g/mol. The molecule has 23 heavy (non-hydrogen) atoms. The summed E-state index contributed by atoms with van der Waals surface area (Å²) in [5.74, 6) is 0.00599. The molecule has 126 valence electrons. The molecule has 1 heterocycles. The number of alkyl halides is 3. The molecule has 1 aliphatic heterocycles. The molecule has 0 fully saturated rings. The number of carbonyl (C=O) groups is 1. The van der Waals surface area contributed by atoms with E-state index in [0.29, 0.717) is 5.04 Å². The van der Waals surface area contributed by atoms with Gasteiger partial charge in [0.2, 0.25) is 5.91 Å². The molecule has 0 bridgehead atoms. The maximum atomic E-state index is 12.4. The standard InChI is InChI=1S/C15H17F3N2O2S/c1-14(2)7-8-23-13(20-14)9-12(21)19-10-5-3-4-6-11(10)22-15(16,17)18/h3-6H,7-9H2,1-2H3,(H,19,21). The molecule has 0 aliphatic carbocycles. The summed E-state index contributed by atoms with van der Waals surface area (Å²) in [5, 5.41) is 3.14. The zero-order chi connectivity index (χ0) is 17.1. The van der Waals surface area contributed by atoms with Crippen molar-refractivity contribution < 1.29 is 22.7 Å². The molecule has 0 spiro atoms. The van der Waals surface area contributed by atoms with Crippen LogP contribution < -0.4 is 10.1 Å². The lowest BCUT2D eigenvalue weighted by atomic mass is 10.0. The van der Waals surface area contributed by atoms with Crippen molar-refractivity contribution in [2.45, 2.75) is 38.6 Å². The van der Waals surface area contributed by atoms with E-state index in [-0.39, 0.29) is 17.6 Å². The van der Waals surface area contributed by atoms with Gasteiger partial charge in [0.05, 0.1) is 22.7 Å². The van der Waals surface area contributed by atoms with E-state index in [2.05, 4.69) is 15.0 Å². The summed E-state index contributed by atoms with van der Waals surface area (Å²) < 4.78 is 41.0. The van der Waals surface area contributed by atoms with Gasteiger partial charge in [0.1, 0.15) is 0 Å². The van der Waals surface area contributed by atoms with Gasteiger partial charge in [-0.3, -0.25) is 9.79 Å². The average molecular weight is 346 g/mol. The van der Waals surface area contributed by atoms with Crippen LogP contribution in [0.1, 0.15) is 26.7 Å². The molecule has 1 aromatic carbocycles. The van der Waals surface area contributed by atoms with Gasteiger partial charge in [-0.25, -0.2) is 0 Å². The normalized spacial score (nSPS) is 17.3. The van der Waals surface area contributed by atoms with E-state index in [1.807, 2.05) is 13.8 Å². The lowest BCUT2D eigenvalue weighted by molar-refractivity contribution is -0.274. The minimum absolute atomic E-state index is 0.0181. The Morgan fingerprint density at radius 3 is 2.74 bits per heavy atom. The number of halogens is 3. The molecule has 8 heteroatoms. The Balaban J connectivity index is 2.05. The Kier molecular flexibility index (Phi) is 5.23. The van der Waals surface area contributed by atoms with Crippen molar-refractivity contribution in [1.29, 1.82) is 0 Å². The first kappa shape index (κ1) is 17.7. The molecular formula is C15H17F3N2O2S. The molecule has 0 saturated heterocycles. The number of amides is 1. The molecule has 1 amide bonds. The molecule has 0 atom stereocenters. The molecule has 0 aromatic heterocycles. The van der Waals surface area contributed by atoms with Crippen molar-refractivity contribution in [3.63, 3.8) is 0 Å². The van der Waals surface area contributed by atoms with Crippen LogP contribution in [0.2, 0.25) is 0 Å². The maximum Gasteiger partial charge on any atom is 0.573 e. The third-order valence-corrected chi connectivity index (χ3v) is 4.09. The van der Waals surface area contributed by atoms with E-state index in [4.69, 9.17) is 0 Å². The minimum atomic E-state index is -4.81. The number of thioether (sulfide) groups is 1. The number of nitrogens with zero attached hydrogens (tertiary/aromatic N) is 1. The first-order chi connectivity index (χ1) is 10.6. The van der Waals surface area contributed by atoms with Crippen molar-refractivity contribution in [1.82, 2.24) is 0 Å². The Morgan fingerprint density at radius 2 is 2.09 bits per heavy atom. The fraction of sp³-hybridized carbons (Fsp3) is 0.467. The molecule has 0 radical (unpaired) electrons. The van der Waals surface area contributed by atoms with Crippen LogP contribution in [0, 0.1) is 0 Å². The summed E-state index contributed by atoms with van der Waals surface area (Å²) >= 11 is 1.50. The highest BCUT2D eigenvalue weighted by molar-refractivity contribution is 8.14. The second-order valence-corrected chi connectivity index (χ2v) is 6.85. The second kappa shape index (κ2) is 6.82. The maximum absolute atomic E-state index is 12.4. The summed E-state index contributed by atoms with van der Waals surface area (Å²) in [4.78, 5) is 16.6. The van der Waals surface area contributed by atoms with Gasteiger partial charge < -0.3 is 10.1 Å². The topological polar surface area (TPSA) is 50.7 Å². The smallest absolute Gasteiger partial charge is 0.404 e. The summed E-state index contributed by atoms with van der Waals surface area (Å²) in [5.41, 5.74) is -0.228. The van der Waals surface area contributed by atoms with E-state index >= 15 is 0 Å². The number of hydrogen-bond donors (Lipinski definition) is 1. The number of nitrogens with one attached hydrogen (secondary N) is 1. The molecule has 1 N–H and O–H groups in total. The van der Waals surface area contributed by atoms with Crippen LogP contribution in [0.15, 0.2) is 29.3 Å². The SMILES string of the molecule is CC1(C)CCSC(CC(=O)Nc2ccccc2OC(F)(F)F)=N1. The first-order valence-corrected chi connectivity index (χ1v) is 7.99. The molecule has 1 aliphatic rings. The first-order valence-electron chi connectivity index (χ1n) is 7.01. The Morgan fingerprint density at radius 1 is 1.39 bits per heavy atom. The van der Waals surface area contributed by atoms with Gasteiger partial charge in [-0.1, -0.05) is 12.1 Å². The Bertz CT molecular complexity index is 615. The average Bonchev–Trinajstić information content (AvgIpc) is 2.38. The summed E-state index contributed by atoms with van der Waals surface area (Å²) in [7, 11) is 0. The summed E-state index contributed by atoms with van der Waals surface area (Å²) in [6.45, 7) is 3.97. The van der Waals surface area contributed by atoms with E-state index in [9.17, 15) is 18.0 Å². The number of hydrogen-bond acceptors (Lipinski definition) is 4. The van der Waals surface area contributed by atoms with E-state index in [1.165, 1.54) is 30.0 Å². The van der Waals surface area contributed by atoms with Gasteiger partial charge in [0.15, 0.2) is 5.75 Å². The van der Waals surface area contributed by atoms with Gasteiger partial charge in [-0.15, -0.1) is 24.9 Å². The highest BCUT2D eigenvalue weighted by Gasteiger charge is 2.32. The largest absolute Gasteiger partial charge is 0.573 e. The van der Waals surface area contributed by atoms with Gasteiger partial charge in [-0.2, -0.15) is 0 Å². The van der Waals surface area contributed by atoms with Crippen LogP contribution >= 0.6 is 11.8 Å². The molecule has 0 saturated carbocycles. The summed E-state index contributed by atoms with van der Waals surface area (Å²) in [6, 6.07) is 5.44. The number of anilines is 1.